The summed E-state index contributed by atoms with van der Waals surface area (Å²) in [6, 6.07) is 11.1. The number of nitrogens with one attached hydrogen (secondary N) is 1. The summed E-state index contributed by atoms with van der Waals surface area (Å²) < 4.78 is 15.2. The molecule has 3 aromatic rings. The fourth-order valence-corrected chi connectivity index (χ4v) is 2.08. The first-order valence-electron chi connectivity index (χ1n) is 7.80. The maximum Gasteiger partial charge on any atom is 0.330 e. The first kappa shape index (κ1) is 16.5. The highest BCUT2D eigenvalue weighted by atomic mass is 16.5. The molecular weight excluding hydrogens is 322 g/mol. The largest absolute Gasteiger partial charge is 0.463 e. The van der Waals surface area contributed by atoms with Crippen LogP contribution in [0.2, 0.25) is 0 Å². The van der Waals surface area contributed by atoms with E-state index in [1.165, 1.54) is 6.08 Å². The Hall–Kier alpha value is -3.35. The van der Waals surface area contributed by atoms with Crippen LogP contribution < -0.4 is 5.32 Å². The molecule has 0 aliphatic carbocycles. The summed E-state index contributed by atoms with van der Waals surface area (Å²) >= 11 is 0. The molecule has 0 saturated heterocycles. The molecule has 128 valence electrons. The number of aromatic nitrogens is 2. The van der Waals surface area contributed by atoms with Gasteiger partial charge in [0.1, 0.15) is 0 Å². The van der Waals surface area contributed by atoms with Crippen LogP contribution in [0.15, 0.2) is 57.7 Å². The monoisotopic (exact) mass is 339 g/mol. The molecule has 0 aliphatic heterocycles. The SMILES string of the molecule is CCOC(=O)C=Cc1ccc(NCc2nc(-c3ccco3)no2)cc1. The van der Waals surface area contributed by atoms with Gasteiger partial charge in [0.25, 0.3) is 0 Å². The molecule has 25 heavy (non-hydrogen) atoms. The van der Waals surface area contributed by atoms with Gasteiger partial charge in [-0.2, -0.15) is 4.98 Å². The minimum absolute atomic E-state index is 0.353. The number of rotatable bonds is 7. The second kappa shape index (κ2) is 7.96. The van der Waals surface area contributed by atoms with Crippen LogP contribution in [0.3, 0.4) is 0 Å². The number of benzene rings is 1. The summed E-state index contributed by atoms with van der Waals surface area (Å²) in [5.74, 6) is 1.08. The highest BCUT2D eigenvalue weighted by molar-refractivity contribution is 5.87. The number of esters is 1. The second-order valence-electron chi connectivity index (χ2n) is 5.05. The van der Waals surface area contributed by atoms with Crippen LogP contribution in [0.25, 0.3) is 17.7 Å². The molecule has 0 saturated carbocycles. The van der Waals surface area contributed by atoms with Gasteiger partial charge in [-0.1, -0.05) is 17.3 Å². The zero-order valence-electron chi connectivity index (χ0n) is 13.6. The molecule has 0 radical (unpaired) electrons. The molecule has 0 fully saturated rings. The van der Waals surface area contributed by atoms with Gasteiger partial charge < -0.3 is 19.0 Å². The van der Waals surface area contributed by atoms with Crippen molar-refractivity contribution < 1.29 is 18.5 Å². The van der Waals surface area contributed by atoms with Crippen LogP contribution >= 0.6 is 0 Å². The van der Waals surface area contributed by atoms with E-state index < -0.39 is 0 Å². The Morgan fingerprint density at radius 1 is 1.28 bits per heavy atom. The lowest BCUT2D eigenvalue weighted by Gasteiger charge is -2.03. The number of carbonyl (C=O) groups is 1. The molecule has 1 aromatic carbocycles. The predicted octanol–water partition coefficient (Wildman–Crippen LogP) is 3.52. The number of hydrogen-bond acceptors (Lipinski definition) is 7. The average molecular weight is 339 g/mol. The van der Waals surface area contributed by atoms with E-state index in [-0.39, 0.29) is 5.97 Å². The molecule has 0 atom stereocenters. The van der Waals surface area contributed by atoms with E-state index in [1.54, 1.807) is 31.4 Å². The van der Waals surface area contributed by atoms with Crippen LogP contribution in [-0.4, -0.2) is 22.7 Å². The second-order valence-corrected chi connectivity index (χ2v) is 5.05. The zero-order valence-corrected chi connectivity index (χ0v) is 13.6. The van der Waals surface area contributed by atoms with Gasteiger partial charge in [0.15, 0.2) is 5.76 Å². The summed E-state index contributed by atoms with van der Waals surface area (Å²) in [5, 5.41) is 7.06. The molecule has 3 rings (SSSR count). The number of ether oxygens (including phenoxy) is 1. The summed E-state index contributed by atoms with van der Waals surface area (Å²) in [4.78, 5) is 15.5. The maximum atomic E-state index is 11.3. The molecule has 2 heterocycles. The van der Waals surface area contributed by atoms with Gasteiger partial charge >= 0.3 is 5.97 Å². The van der Waals surface area contributed by atoms with Gasteiger partial charge in [0.2, 0.25) is 11.7 Å². The number of anilines is 1. The molecule has 2 aromatic heterocycles. The highest BCUT2D eigenvalue weighted by Gasteiger charge is 2.10. The predicted molar refractivity (Wildman–Crippen MR) is 91.4 cm³/mol. The summed E-state index contributed by atoms with van der Waals surface area (Å²) in [7, 11) is 0. The number of nitrogens with zero attached hydrogens (tertiary/aromatic N) is 2. The minimum Gasteiger partial charge on any atom is -0.463 e. The van der Waals surface area contributed by atoms with E-state index in [0.29, 0.717) is 30.6 Å². The van der Waals surface area contributed by atoms with Gasteiger partial charge in [-0.25, -0.2) is 4.79 Å². The van der Waals surface area contributed by atoms with Crippen molar-refractivity contribution in [2.24, 2.45) is 0 Å². The van der Waals surface area contributed by atoms with Crippen molar-refractivity contribution in [1.82, 2.24) is 10.1 Å². The van der Waals surface area contributed by atoms with E-state index in [1.807, 2.05) is 24.3 Å². The van der Waals surface area contributed by atoms with Crippen molar-refractivity contribution in [2.45, 2.75) is 13.5 Å². The van der Waals surface area contributed by atoms with Crippen LogP contribution in [-0.2, 0) is 16.1 Å². The Bertz CT molecular complexity index is 836. The van der Waals surface area contributed by atoms with Crippen LogP contribution in [0, 0.1) is 0 Å². The van der Waals surface area contributed by atoms with Crippen molar-refractivity contribution in [1.29, 1.82) is 0 Å². The first-order chi connectivity index (χ1) is 12.2. The van der Waals surface area contributed by atoms with Gasteiger partial charge in [-0.3, -0.25) is 0 Å². The van der Waals surface area contributed by atoms with Crippen LogP contribution in [0.4, 0.5) is 5.69 Å². The van der Waals surface area contributed by atoms with Gasteiger partial charge in [-0.15, -0.1) is 0 Å². The van der Waals surface area contributed by atoms with E-state index >= 15 is 0 Å². The standard InChI is InChI=1S/C18H17N3O4/c1-2-23-17(22)10-7-13-5-8-14(9-6-13)19-12-16-20-18(21-25-16)15-4-3-11-24-15/h3-11,19H,2,12H2,1H3. The van der Waals surface area contributed by atoms with Crippen molar-refractivity contribution in [2.75, 3.05) is 11.9 Å². The summed E-state index contributed by atoms with van der Waals surface area (Å²) in [6.07, 6.45) is 4.66. The Morgan fingerprint density at radius 2 is 2.12 bits per heavy atom. The molecule has 0 spiro atoms. The maximum absolute atomic E-state index is 11.3. The lowest BCUT2D eigenvalue weighted by atomic mass is 10.2. The lowest BCUT2D eigenvalue weighted by molar-refractivity contribution is -0.137. The Labute approximate surface area is 144 Å². The summed E-state index contributed by atoms with van der Waals surface area (Å²) in [6.45, 7) is 2.53. The Morgan fingerprint density at radius 3 is 2.84 bits per heavy atom. The number of furan rings is 1. The third-order valence-electron chi connectivity index (χ3n) is 3.26. The first-order valence-corrected chi connectivity index (χ1v) is 7.80. The average Bonchev–Trinajstić information content (AvgIpc) is 3.30. The van der Waals surface area contributed by atoms with Crippen molar-refractivity contribution in [3.8, 4) is 11.6 Å². The zero-order chi connectivity index (χ0) is 17.5. The highest BCUT2D eigenvalue weighted by Crippen LogP contribution is 2.17. The third kappa shape index (κ3) is 4.57. The molecule has 0 aliphatic rings. The molecule has 0 bridgehead atoms. The Kier molecular flexibility index (Phi) is 5.26. The third-order valence-corrected chi connectivity index (χ3v) is 3.26. The van der Waals surface area contributed by atoms with Crippen molar-refractivity contribution in [3.63, 3.8) is 0 Å². The van der Waals surface area contributed by atoms with Gasteiger partial charge in [0, 0.05) is 11.8 Å². The van der Waals surface area contributed by atoms with Crippen molar-refractivity contribution >= 4 is 17.7 Å². The van der Waals surface area contributed by atoms with E-state index in [2.05, 4.69) is 15.5 Å². The summed E-state index contributed by atoms with van der Waals surface area (Å²) in [5.41, 5.74) is 1.79. The quantitative estimate of drug-likeness (QED) is 0.520. The fourth-order valence-electron chi connectivity index (χ4n) is 2.08. The smallest absolute Gasteiger partial charge is 0.330 e. The topological polar surface area (TPSA) is 90.4 Å². The van der Waals surface area contributed by atoms with Crippen LogP contribution in [0.5, 0.6) is 0 Å². The van der Waals surface area contributed by atoms with E-state index in [9.17, 15) is 4.79 Å². The fraction of sp³-hybridized carbons (Fsp3) is 0.167. The van der Waals surface area contributed by atoms with E-state index in [4.69, 9.17) is 13.7 Å². The van der Waals surface area contributed by atoms with Gasteiger partial charge in [-0.05, 0) is 42.8 Å². The Balaban J connectivity index is 1.54. The number of carbonyl (C=O) groups excluding carboxylic acids is 1. The van der Waals surface area contributed by atoms with Gasteiger partial charge in [0.05, 0.1) is 19.4 Å². The molecule has 0 unspecified atom stereocenters. The number of hydrogen-bond donors (Lipinski definition) is 1. The van der Waals surface area contributed by atoms with E-state index in [0.717, 1.165) is 11.3 Å². The normalized spacial score (nSPS) is 10.9. The minimum atomic E-state index is -0.353. The van der Waals surface area contributed by atoms with Crippen LogP contribution in [0.1, 0.15) is 18.4 Å². The van der Waals surface area contributed by atoms with Crippen molar-refractivity contribution in [3.05, 3.63) is 60.2 Å². The molecule has 7 heteroatoms. The molecular formula is C18H17N3O4. The molecule has 1 N–H and O–H groups in total. The molecule has 0 amide bonds. The molecule has 7 nitrogen and oxygen atoms in total. The lowest BCUT2D eigenvalue weighted by Crippen LogP contribution is -2.00.